The average Bonchev–Trinajstić information content (AvgIpc) is 2.20. The molecular weight excluding hydrogens is 226 g/mol. The van der Waals surface area contributed by atoms with Crippen molar-refractivity contribution < 1.29 is 13.2 Å². The lowest BCUT2D eigenvalue weighted by Gasteiger charge is -2.12. The maximum absolute atomic E-state index is 11.6. The first kappa shape index (κ1) is 12.8. The molecule has 0 heterocycles. The normalized spacial score (nSPS) is 11.8. The lowest BCUT2D eigenvalue weighted by atomic mass is 10.3. The van der Waals surface area contributed by atoms with Crippen molar-refractivity contribution in [1.82, 2.24) is 0 Å². The summed E-state index contributed by atoms with van der Waals surface area (Å²) in [6.07, 6.45) is 0.0101. The fourth-order valence-corrected chi connectivity index (χ4v) is 2.16. The number of benzene rings is 1. The van der Waals surface area contributed by atoms with Gasteiger partial charge in [0.05, 0.1) is 22.4 Å². The third-order valence-corrected chi connectivity index (χ3v) is 3.82. The number of hydrogen-bond acceptors (Lipinski definition) is 4. The molecule has 4 nitrogen and oxygen atoms in total. The van der Waals surface area contributed by atoms with Gasteiger partial charge in [-0.2, -0.15) is 0 Å². The van der Waals surface area contributed by atoms with Gasteiger partial charge in [0.25, 0.3) is 0 Å². The standard InChI is InChI=1S/C11H17NO3S/c1-4-16(13,14)9-5-6-11(10(12)7-9)15-8(2)3/h5-8H,4,12H2,1-3H3. The summed E-state index contributed by atoms with van der Waals surface area (Å²) in [5.74, 6) is 0.585. The summed E-state index contributed by atoms with van der Waals surface area (Å²) in [6.45, 7) is 5.37. The zero-order valence-corrected chi connectivity index (χ0v) is 10.5. The predicted molar refractivity (Wildman–Crippen MR) is 64.3 cm³/mol. The van der Waals surface area contributed by atoms with Crippen molar-refractivity contribution in [3.8, 4) is 5.75 Å². The van der Waals surface area contributed by atoms with Crippen molar-refractivity contribution in [2.24, 2.45) is 0 Å². The Morgan fingerprint density at radius 1 is 1.38 bits per heavy atom. The van der Waals surface area contributed by atoms with E-state index in [9.17, 15) is 8.42 Å². The molecule has 0 amide bonds. The number of nitrogens with two attached hydrogens (primary N) is 1. The fraction of sp³-hybridized carbons (Fsp3) is 0.455. The van der Waals surface area contributed by atoms with Gasteiger partial charge in [0.1, 0.15) is 5.75 Å². The van der Waals surface area contributed by atoms with Crippen LogP contribution in [0.25, 0.3) is 0 Å². The monoisotopic (exact) mass is 243 g/mol. The molecule has 5 heteroatoms. The van der Waals surface area contributed by atoms with Crippen LogP contribution in [0.5, 0.6) is 5.75 Å². The highest BCUT2D eigenvalue weighted by atomic mass is 32.2. The van der Waals surface area contributed by atoms with E-state index in [0.29, 0.717) is 11.4 Å². The minimum absolute atomic E-state index is 0.0101. The molecule has 0 spiro atoms. The molecular formula is C11H17NO3S. The summed E-state index contributed by atoms with van der Waals surface area (Å²) in [7, 11) is -3.20. The summed E-state index contributed by atoms with van der Waals surface area (Å²) in [5.41, 5.74) is 6.08. The van der Waals surface area contributed by atoms with Crippen LogP contribution in [0.15, 0.2) is 23.1 Å². The van der Waals surface area contributed by atoms with Gasteiger partial charge in [-0.05, 0) is 32.0 Å². The topological polar surface area (TPSA) is 69.4 Å². The molecule has 90 valence electrons. The van der Waals surface area contributed by atoms with Crippen LogP contribution in [0.4, 0.5) is 5.69 Å². The Labute approximate surface area is 96.3 Å². The first-order valence-corrected chi connectivity index (χ1v) is 6.81. The first-order chi connectivity index (χ1) is 7.36. The van der Waals surface area contributed by atoms with Gasteiger partial charge in [-0.3, -0.25) is 0 Å². The Balaban J connectivity index is 3.09. The van der Waals surface area contributed by atoms with Gasteiger partial charge in [0.15, 0.2) is 9.84 Å². The van der Waals surface area contributed by atoms with E-state index < -0.39 is 9.84 Å². The van der Waals surface area contributed by atoms with E-state index in [2.05, 4.69) is 0 Å². The van der Waals surface area contributed by atoms with E-state index in [4.69, 9.17) is 10.5 Å². The molecule has 0 saturated carbocycles. The summed E-state index contributed by atoms with van der Waals surface area (Å²) in [4.78, 5) is 0.239. The molecule has 0 aliphatic carbocycles. The average molecular weight is 243 g/mol. The van der Waals surface area contributed by atoms with Crippen LogP contribution >= 0.6 is 0 Å². The summed E-state index contributed by atoms with van der Waals surface area (Å²) in [6, 6.07) is 4.56. The van der Waals surface area contributed by atoms with Crippen LogP contribution < -0.4 is 10.5 Å². The maximum atomic E-state index is 11.6. The van der Waals surface area contributed by atoms with E-state index in [1.54, 1.807) is 13.0 Å². The summed E-state index contributed by atoms with van der Waals surface area (Å²) >= 11 is 0. The Morgan fingerprint density at radius 3 is 2.44 bits per heavy atom. The molecule has 0 aromatic heterocycles. The van der Waals surface area contributed by atoms with Crippen molar-refractivity contribution in [2.75, 3.05) is 11.5 Å². The molecule has 0 aliphatic heterocycles. The Bertz CT molecular complexity index is 466. The van der Waals surface area contributed by atoms with Gasteiger partial charge in [0.2, 0.25) is 0 Å². The number of rotatable bonds is 4. The highest BCUT2D eigenvalue weighted by molar-refractivity contribution is 7.91. The molecule has 0 fully saturated rings. The Kier molecular flexibility index (Phi) is 3.80. The lowest BCUT2D eigenvalue weighted by molar-refractivity contribution is 0.243. The van der Waals surface area contributed by atoms with Gasteiger partial charge in [-0.25, -0.2) is 8.42 Å². The molecule has 1 aromatic carbocycles. The molecule has 0 atom stereocenters. The smallest absolute Gasteiger partial charge is 0.178 e. The molecule has 0 unspecified atom stereocenters. The second kappa shape index (κ2) is 4.74. The lowest BCUT2D eigenvalue weighted by Crippen LogP contribution is -2.09. The van der Waals surface area contributed by atoms with Gasteiger partial charge in [-0.15, -0.1) is 0 Å². The maximum Gasteiger partial charge on any atom is 0.178 e. The number of anilines is 1. The van der Waals surface area contributed by atoms with E-state index in [-0.39, 0.29) is 16.8 Å². The highest BCUT2D eigenvalue weighted by Gasteiger charge is 2.13. The minimum atomic E-state index is -3.20. The zero-order valence-electron chi connectivity index (χ0n) is 9.73. The van der Waals surface area contributed by atoms with Crippen LogP contribution in [-0.2, 0) is 9.84 Å². The van der Waals surface area contributed by atoms with Gasteiger partial charge in [0, 0.05) is 0 Å². The quantitative estimate of drug-likeness (QED) is 0.819. The molecule has 1 rings (SSSR count). The number of nitrogen functional groups attached to an aromatic ring is 1. The number of ether oxygens (including phenoxy) is 1. The van der Waals surface area contributed by atoms with E-state index in [1.165, 1.54) is 12.1 Å². The van der Waals surface area contributed by atoms with Crippen LogP contribution in [0, 0.1) is 0 Å². The number of sulfone groups is 1. The molecule has 0 radical (unpaired) electrons. The van der Waals surface area contributed by atoms with Gasteiger partial charge < -0.3 is 10.5 Å². The second-order valence-electron chi connectivity index (χ2n) is 3.77. The minimum Gasteiger partial charge on any atom is -0.489 e. The highest BCUT2D eigenvalue weighted by Crippen LogP contribution is 2.26. The Morgan fingerprint density at radius 2 is 2.00 bits per heavy atom. The van der Waals surface area contributed by atoms with Crippen molar-refractivity contribution in [1.29, 1.82) is 0 Å². The van der Waals surface area contributed by atoms with Crippen LogP contribution in [0.2, 0.25) is 0 Å². The van der Waals surface area contributed by atoms with Gasteiger partial charge in [-0.1, -0.05) is 6.92 Å². The SMILES string of the molecule is CCS(=O)(=O)c1ccc(OC(C)C)c(N)c1. The van der Waals surface area contributed by atoms with E-state index >= 15 is 0 Å². The predicted octanol–water partition coefficient (Wildman–Crippen LogP) is 1.85. The van der Waals surface area contributed by atoms with Crippen LogP contribution in [0.3, 0.4) is 0 Å². The van der Waals surface area contributed by atoms with Crippen LogP contribution in [-0.4, -0.2) is 20.3 Å². The summed E-state index contributed by atoms with van der Waals surface area (Å²) in [5, 5.41) is 0. The number of hydrogen-bond donors (Lipinski definition) is 1. The fourth-order valence-electron chi connectivity index (χ4n) is 1.25. The molecule has 0 saturated heterocycles. The zero-order chi connectivity index (χ0) is 12.3. The molecule has 0 bridgehead atoms. The Hall–Kier alpha value is -1.23. The first-order valence-electron chi connectivity index (χ1n) is 5.15. The van der Waals surface area contributed by atoms with E-state index in [1.807, 2.05) is 13.8 Å². The van der Waals surface area contributed by atoms with Crippen molar-refractivity contribution in [2.45, 2.75) is 31.8 Å². The van der Waals surface area contributed by atoms with E-state index in [0.717, 1.165) is 0 Å². The van der Waals surface area contributed by atoms with Crippen molar-refractivity contribution in [3.63, 3.8) is 0 Å². The second-order valence-corrected chi connectivity index (χ2v) is 6.05. The van der Waals surface area contributed by atoms with Crippen LogP contribution in [0.1, 0.15) is 20.8 Å². The molecule has 0 aliphatic rings. The van der Waals surface area contributed by atoms with Crippen molar-refractivity contribution >= 4 is 15.5 Å². The summed E-state index contributed by atoms with van der Waals surface area (Å²) < 4.78 is 28.6. The third kappa shape index (κ3) is 2.88. The van der Waals surface area contributed by atoms with Gasteiger partial charge >= 0.3 is 0 Å². The molecule has 16 heavy (non-hydrogen) atoms. The third-order valence-electron chi connectivity index (χ3n) is 2.08. The largest absolute Gasteiger partial charge is 0.489 e. The molecule has 1 aromatic rings. The molecule has 2 N–H and O–H groups in total. The van der Waals surface area contributed by atoms with Crippen molar-refractivity contribution in [3.05, 3.63) is 18.2 Å².